The van der Waals surface area contributed by atoms with E-state index in [2.05, 4.69) is 118 Å². The van der Waals surface area contributed by atoms with Gasteiger partial charge in [-0.3, -0.25) is 82.1 Å². The van der Waals surface area contributed by atoms with Gasteiger partial charge in [-0.15, -0.1) is 16.9 Å². The highest BCUT2D eigenvalue weighted by Crippen LogP contribution is 2.29. The van der Waals surface area contributed by atoms with Crippen LogP contribution in [0.15, 0.2) is 49.2 Å². The number of aliphatic hydroxyl groups excluding tert-OH is 3. The average molecular weight is 1810 g/mol. The molecular weight excluding hydrogens is 1690 g/mol. The number of ether oxygens (including phenoxy) is 1. The molecule has 14 amide bonds. The number of amides is 14. The zero-order valence-electron chi connectivity index (χ0n) is 71.4. The van der Waals surface area contributed by atoms with Gasteiger partial charge in [0.1, 0.15) is 90.8 Å². The Hall–Kier alpha value is -11.6. The average Bonchev–Trinajstić information content (AvgIpc) is 1.26. The minimum Gasteiger partial charge on any atom is -0.481 e. The number of rotatable bonds is 54. The third kappa shape index (κ3) is 34.0. The van der Waals surface area contributed by atoms with E-state index in [0.29, 0.717) is 22.9 Å². The standard InChI is InChI=1S/C77H121N25O22S2/c1-10-38(6)60(99-64(111)46(79)32-125)74(121)96-54(26-58(107)108)71(118)97-55(33-126-35-87-40(8)104)72(119)95-52(24-43-28-82-34-86-43)69(116)90-48(18-13-14-20-78)65(112)93-51(23-42-27-84-47-17-12-11-16-45(42)47)68(115)92-50(22-36(2)3)67(114)94-53(25-44-30-102(101-100-44)75-61(89-41(9)105)63(110)62(109)56(31-103)124-75)70(117)91-49(19-15-21-83-77(80)81)66(113)98-59(37(4)5)73(120)85-29-57(106)88-39(7)76(122)123/h11-12,16-17,27-28,30,34,36-39,46,48-56,59-63,75,84,103,109-110,125H,10,13-15,18-26,29,31-33,35,78-79H2,1-9H3,(H,82,86)(H,85,120)(H,87,104)(H,88,106)(H,89,105)(H,90,116)(H,91,117)(H,92,115)(H,93,112)(H,94,114)(H,95,119)(H,96,121)(H,97,118)(H,98,113)(H,99,111)(H,107,108)(H,122,123)(H4,80,81,83)/t38-,39-,46-,48-,49-,50-,51-,52-,53-,54-,55-,56+,59-,60-,61+,62-,63+,75+/m0/s1. The molecule has 0 radical (unpaired) electrons. The first-order chi connectivity index (χ1) is 59.6. The van der Waals surface area contributed by atoms with Gasteiger partial charge in [0.25, 0.3) is 0 Å². The van der Waals surface area contributed by atoms with Crippen molar-refractivity contribution in [3.63, 3.8) is 0 Å². The second kappa shape index (κ2) is 52.3. The molecule has 0 bridgehead atoms. The van der Waals surface area contributed by atoms with Crippen molar-refractivity contribution in [2.75, 3.05) is 43.6 Å². The largest absolute Gasteiger partial charge is 0.481 e. The molecule has 1 saturated heterocycles. The van der Waals surface area contributed by atoms with E-state index < -0.39 is 247 Å². The van der Waals surface area contributed by atoms with Crippen LogP contribution in [0.25, 0.3) is 10.9 Å². The predicted octanol–water partition coefficient (Wildman–Crippen LogP) is -7.12. The van der Waals surface area contributed by atoms with Crippen molar-refractivity contribution in [2.45, 2.75) is 236 Å². The lowest BCUT2D eigenvalue weighted by Crippen LogP contribution is -2.62. The highest BCUT2D eigenvalue weighted by atomic mass is 32.2. The zero-order chi connectivity index (χ0) is 93.8. The Morgan fingerprint density at radius 3 is 1.78 bits per heavy atom. The lowest BCUT2D eigenvalue weighted by atomic mass is 9.96. The van der Waals surface area contributed by atoms with Crippen LogP contribution in [0.1, 0.15) is 137 Å². The number of nitrogens with zero attached hydrogens (tertiary/aromatic N) is 4. The molecule has 4 aromatic rings. The Morgan fingerprint density at radius 2 is 1.21 bits per heavy atom. The first-order valence-electron chi connectivity index (χ1n) is 40.9. The highest BCUT2D eigenvalue weighted by molar-refractivity contribution is 7.99. The van der Waals surface area contributed by atoms with Gasteiger partial charge < -0.3 is 137 Å². The number of fused-ring (bicyclic) bond motifs is 1. The van der Waals surface area contributed by atoms with E-state index >= 15 is 24.0 Å². The number of imidazole rings is 1. The number of carbonyl (C=O) groups excluding carboxylic acids is 14. The molecule has 0 aliphatic carbocycles. The van der Waals surface area contributed by atoms with Crippen LogP contribution in [0.3, 0.4) is 0 Å². The summed E-state index contributed by atoms with van der Waals surface area (Å²) in [6, 6.07) is -13.3. The smallest absolute Gasteiger partial charge is 0.325 e. The number of benzene rings is 1. The molecule has 1 aliphatic rings. The van der Waals surface area contributed by atoms with Crippen LogP contribution < -0.4 is 97.0 Å². The molecule has 49 heteroatoms. The van der Waals surface area contributed by atoms with Crippen LogP contribution in [-0.2, 0) is 101 Å². The van der Waals surface area contributed by atoms with E-state index in [0.717, 1.165) is 23.4 Å². The van der Waals surface area contributed by atoms with Gasteiger partial charge in [-0.1, -0.05) is 71.4 Å². The van der Waals surface area contributed by atoms with Crippen LogP contribution in [-0.4, -0.2) is 297 Å². The Morgan fingerprint density at radius 1 is 0.643 bits per heavy atom. The van der Waals surface area contributed by atoms with Crippen LogP contribution >= 0.6 is 24.4 Å². The van der Waals surface area contributed by atoms with Crippen LogP contribution in [0.5, 0.6) is 0 Å². The number of nitrogens with two attached hydrogens (primary N) is 3. The number of guanidine groups is 1. The van der Waals surface area contributed by atoms with Gasteiger partial charge in [0.05, 0.1) is 49.7 Å². The Balaban J connectivity index is 1.57. The summed E-state index contributed by atoms with van der Waals surface area (Å²) in [4.78, 5) is 232. The summed E-state index contributed by atoms with van der Waals surface area (Å²) in [6.07, 6.45) is -3.31. The molecule has 1 aromatic carbocycles. The third-order valence-electron chi connectivity index (χ3n) is 20.1. The molecule has 29 N–H and O–H groups in total. The molecule has 0 saturated carbocycles. The normalized spacial score (nSPS) is 18.0. The number of aromatic amines is 2. The molecule has 5 rings (SSSR count). The summed E-state index contributed by atoms with van der Waals surface area (Å²) in [5.41, 5.74) is 18.6. The van der Waals surface area contributed by atoms with Gasteiger partial charge >= 0.3 is 11.9 Å². The van der Waals surface area contributed by atoms with E-state index in [-0.39, 0.29) is 93.2 Å². The number of carbonyl (C=O) groups is 16. The second-order valence-corrected chi connectivity index (χ2v) is 32.6. The van der Waals surface area contributed by atoms with Crippen molar-refractivity contribution in [1.29, 1.82) is 5.41 Å². The monoisotopic (exact) mass is 1810 g/mol. The number of carboxylic acid groups (broad SMARTS) is 2. The van der Waals surface area contributed by atoms with Gasteiger partial charge in [0.2, 0.25) is 82.7 Å². The fourth-order valence-electron chi connectivity index (χ4n) is 13.0. The molecule has 698 valence electrons. The number of aromatic nitrogens is 6. The molecule has 47 nitrogen and oxygen atoms in total. The number of aliphatic hydroxyl groups is 3. The summed E-state index contributed by atoms with van der Waals surface area (Å²) < 4.78 is 6.91. The lowest BCUT2D eigenvalue weighted by Gasteiger charge is -2.42. The fourth-order valence-corrected chi connectivity index (χ4v) is 14.1. The van der Waals surface area contributed by atoms with Crippen molar-refractivity contribution in [2.24, 2.45) is 35.0 Å². The number of unbranched alkanes of at least 4 members (excludes halogenated alkanes) is 1. The first-order valence-corrected chi connectivity index (χ1v) is 42.7. The van der Waals surface area contributed by atoms with E-state index in [1.807, 2.05) is 0 Å². The molecule has 3 aromatic heterocycles. The molecular formula is C77H121N25O22S2. The van der Waals surface area contributed by atoms with Crippen molar-refractivity contribution < 1.29 is 107 Å². The van der Waals surface area contributed by atoms with E-state index in [1.54, 1.807) is 72.0 Å². The number of aliphatic carboxylic acids is 2. The predicted molar refractivity (Wildman–Crippen MR) is 457 cm³/mol. The van der Waals surface area contributed by atoms with Gasteiger partial charge in [0.15, 0.2) is 12.2 Å². The van der Waals surface area contributed by atoms with E-state index in [1.165, 1.54) is 32.6 Å². The van der Waals surface area contributed by atoms with E-state index in [9.17, 15) is 78.3 Å². The third-order valence-corrected chi connectivity index (χ3v) is 21.4. The topological polar surface area (TPSA) is 741 Å². The van der Waals surface area contributed by atoms with Crippen LogP contribution in [0.2, 0.25) is 0 Å². The Kier molecular flexibility index (Phi) is 43.6. The lowest BCUT2D eigenvalue weighted by molar-refractivity contribution is -0.219. The SMILES string of the molecule is CC[C@H](C)[C@H](NC(=O)[C@@H](N)CS)C(=O)N[C@@H](CC(=O)O)C(=O)N[C@@H](CSCNC(C)=O)C(=O)N[C@@H](Cc1cnc[nH]1)C(=O)N[C@@H](CCCCN)C(=O)N[C@@H](Cc1c[nH]c2ccccc12)C(=O)N[C@@H](CC(C)C)C(=O)N[C@@H](Cc1cn([C@@H]2O[C@H](CO)[C@H](O)[C@H](O)[C@H]2NC(C)=O)nn1)C(=O)N[C@@H](CCCNC(=N)N)C(=O)N[C@H](C(=O)NCC(=O)N[C@@H](C)C(=O)O)C(C)C. The minimum absolute atomic E-state index is 0.00187. The number of thiol groups is 1. The van der Waals surface area contributed by atoms with Crippen molar-refractivity contribution in [1.82, 2.24) is 110 Å². The van der Waals surface area contributed by atoms with Gasteiger partial charge in [0, 0.05) is 80.2 Å². The fraction of sp³-hybridized carbons (Fsp3) is 0.610. The maximum atomic E-state index is 15.5. The summed E-state index contributed by atoms with van der Waals surface area (Å²) in [5.74, 6) is -18.9. The number of hydrogen-bond donors (Lipinski definition) is 27. The summed E-state index contributed by atoms with van der Waals surface area (Å²) in [7, 11) is 0. The second-order valence-electron chi connectivity index (χ2n) is 31.2. The number of H-pyrrole nitrogens is 2. The van der Waals surface area contributed by atoms with Gasteiger partial charge in [-0.2, -0.15) is 12.6 Å². The highest BCUT2D eigenvalue weighted by Gasteiger charge is 2.47. The molecule has 1 fully saturated rings. The first kappa shape index (κ1) is 105. The summed E-state index contributed by atoms with van der Waals surface area (Å²) in [6.45, 7) is 11.9. The molecule has 1 aliphatic heterocycles. The number of thioether (sulfide) groups is 1. The van der Waals surface area contributed by atoms with Crippen molar-refractivity contribution in [3.8, 4) is 0 Å². The Labute approximate surface area is 735 Å². The van der Waals surface area contributed by atoms with Crippen molar-refractivity contribution in [3.05, 3.63) is 66.1 Å². The molecule has 0 unspecified atom stereocenters. The van der Waals surface area contributed by atoms with Crippen LogP contribution in [0, 0.1) is 23.2 Å². The molecule has 18 atom stereocenters. The quantitative estimate of drug-likeness (QED) is 0.00642. The number of para-hydroxylation sites is 1. The van der Waals surface area contributed by atoms with Gasteiger partial charge in [-0.05, 0) is 81.4 Å². The maximum absolute atomic E-state index is 15.5. The molecule has 126 heavy (non-hydrogen) atoms. The number of carboxylic acids is 2. The molecule has 0 spiro atoms. The van der Waals surface area contributed by atoms with Crippen LogP contribution in [0.4, 0.5) is 0 Å². The van der Waals surface area contributed by atoms with Crippen molar-refractivity contribution >= 4 is 136 Å². The Bertz CT molecular complexity index is 4370. The van der Waals surface area contributed by atoms with Gasteiger partial charge in [-0.25, -0.2) is 9.67 Å². The number of nitrogens with one attached hydrogen (secondary N) is 18. The van der Waals surface area contributed by atoms with E-state index in [4.69, 9.17) is 27.3 Å². The number of hydrogen-bond acceptors (Lipinski definition) is 28. The minimum atomic E-state index is -1.90. The molecule has 4 heterocycles. The summed E-state index contributed by atoms with van der Waals surface area (Å²) in [5, 5.41) is 106. The summed E-state index contributed by atoms with van der Waals surface area (Å²) >= 11 is 4.97. The zero-order valence-corrected chi connectivity index (χ0v) is 73.2. The maximum Gasteiger partial charge on any atom is 0.325 e.